The van der Waals surface area contributed by atoms with Crippen LogP contribution in [-0.4, -0.2) is 48.5 Å². The van der Waals surface area contributed by atoms with E-state index < -0.39 is 35.7 Å². The molecule has 2 atom stereocenters. The second-order valence-corrected chi connectivity index (χ2v) is 7.48. The van der Waals surface area contributed by atoms with E-state index in [1.54, 1.807) is 54.6 Å². The lowest BCUT2D eigenvalue weighted by molar-refractivity contribution is -0.131. The number of rotatable bonds is 12. The van der Waals surface area contributed by atoms with Gasteiger partial charge in [0.25, 0.3) is 5.91 Å². The summed E-state index contributed by atoms with van der Waals surface area (Å²) in [6.45, 7) is -0.381. The summed E-state index contributed by atoms with van der Waals surface area (Å²) in [6, 6.07) is 13.3. The van der Waals surface area contributed by atoms with Crippen LogP contribution in [0.2, 0.25) is 0 Å². The zero-order valence-corrected chi connectivity index (χ0v) is 18.9. The van der Waals surface area contributed by atoms with Gasteiger partial charge >= 0.3 is 0 Å². The Labute approximate surface area is 203 Å². The van der Waals surface area contributed by atoms with Gasteiger partial charge in [-0.05, 0) is 29.3 Å². The summed E-state index contributed by atoms with van der Waals surface area (Å²) in [5.74, 6) is -0.240. The molecule has 4 amide bonds. The Balaban J connectivity index is 2.03. The van der Waals surface area contributed by atoms with E-state index in [0.29, 0.717) is 11.8 Å². The van der Waals surface area contributed by atoms with Crippen LogP contribution in [-0.2, 0) is 25.6 Å². The third-order valence-electron chi connectivity index (χ3n) is 4.87. The van der Waals surface area contributed by atoms with Crippen LogP contribution < -0.4 is 21.7 Å². The first-order chi connectivity index (χ1) is 16.8. The Morgan fingerprint density at radius 1 is 0.971 bits per heavy atom. The average molecular weight is 475 g/mol. The molecule has 0 aliphatic rings. The molecule has 0 saturated carbocycles. The first-order valence-electron chi connectivity index (χ1n) is 10.7. The summed E-state index contributed by atoms with van der Waals surface area (Å²) in [7, 11) is 0. The highest BCUT2D eigenvalue weighted by Crippen LogP contribution is 2.07. The summed E-state index contributed by atoms with van der Waals surface area (Å²) in [4.78, 5) is 59.7. The monoisotopic (exact) mass is 474 g/mol. The largest absolute Gasteiger partial charge is 0.368 e. The summed E-state index contributed by atoms with van der Waals surface area (Å²) >= 11 is 0. The SMILES string of the molecule is C#CC[C@H](NC(=O)[C@H](Cc1ccccc1)NC(=O)CNC(=O)c1ccc(/C=C/C=O)cc1)C(N)=O. The highest BCUT2D eigenvalue weighted by Gasteiger charge is 2.25. The molecule has 2 rings (SSSR count). The molecular weight excluding hydrogens is 448 g/mol. The fourth-order valence-electron chi connectivity index (χ4n) is 3.08. The Morgan fingerprint density at radius 3 is 2.26 bits per heavy atom. The molecule has 0 fully saturated rings. The smallest absolute Gasteiger partial charge is 0.251 e. The summed E-state index contributed by atoms with van der Waals surface area (Å²) in [5.41, 5.74) is 7.12. The predicted octanol–water partition coefficient (Wildman–Crippen LogP) is 0.349. The van der Waals surface area contributed by atoms with E-state index in [-0.39, 0.29) is 19.4 Å². The molecule has 0 aliphatic carbocycles. The van der Waals surface area contributed by atoms with Crippen LogP contribution in [0.4, 0.5) is 0 Å². The third kappa shape index (κ3) is 8.98. The van der Waals surface area contributed by atoms with E-state index in [2.05, 4.69) is 21.9 Å². The molecule has 9 heteroatoms. The summed E-state index contributed by atoms with van der Waals surface area (Å²) in [5, 5.41) is 7.54. The van der Waals surface area contributed by atoms with Crippen molar-refractivity contribution in [2.45, 2.75) is 24.9 Å². The number of primary amides is 1. The lowest BCUT2D eigenvalue weighted by Crippen LogP contribution is -2.54. The molecular formula is C26H26N4O5. The Hall–Kier alpha value is -4.71. The Bertz CT molecular complexity index is 1120. The van der Waals surface area contributed by atoms with Gasteiger partial charge in [0.05, 0.1) is 6.54 Å². The number of benzene rings is 2. The molecule has 0 unspecified atom stereocenters. The van der Waals surface area contributed by atoms with Crippen molar-refractivity contribution in [2.24, 2.45) is 5.73 Å². The minimum Gasteiger partial charge on any atom is -0.368 e. The molecule has 0 aliphatic heterocycles. The molecule has 0 saturated heterocycles. The quantitative estimate of drug-likeness (QED) is 0.199. The van der Waals surface area contributed by atoms with Gasteiger partial charge in [0.2, 0.25) is 17.7 Å². The maximum atomic E-state index is 12.8. The van der Waals surface area contributed by atoms with E-state index in [1.807, 2.05) is 6.07 Å². The summed E-state index contributed by atoms with van der Waals surface area (Å²) < 4.78 is 0. The molecule has 2 aromatic carbocycles. The minimum atomic E-state index is -1.08. The highest BCUT2D eigenvalue weighted by molar-refractivity contribution is 5.97. The Morgan fingerprint density at radius 2 is 1.66 bits per heavy atom. The molecule has 0 aromatic heterocycles. The van der Waals surface area contributed by atoms with Crippen molar-refractivity contribution in [3.05, 3.63) is 77.4 Å². The minimum absolute atomic E-state index is 0.0904. The number of carbonyl (C=O) groups excluding carboxylic acids is 5. The molecule has 0 radical (unpaired) electrons. The normalized spacial score (nSPS) is 12.1. The lowest BCUT2D eigenvalue weighted by Gasteiger charge is -2.21. The number of hydrogen-bond donors (Lipinski definition) is 4. The molecule has 0 spiro atoms. The van der Waals surface area contributed by atoms with Crippen LogP contribution in [0.5, 0.6) is 0 Å². The number of allylic oxidation sites excluding steroid dienone is 1. The number of amides is 4. The van der Waals surface area contributed by atoms with Gasteiger partial charge in [-0.25, -0.2) is 0 Å². The number of nitrogens with two attached hydrogens (primary N) is 1. The second-order valence-electron chi connectivity index (χ2n) is 7.48. The van der Waals surface area contributed by atoms with E-state index in [9.17, 15) is 24.0 Å². The van der Waals surface area contributed by atoms with Crippen LogP contribution in [0.1, 0.15) is 27.9 Å². The molecule has 9 nitrogen and oxygen atoms in total. The van der Waals surface area contributed by atoms with Crippen molar-refractivity contribution in [1.82, 2.24) is 16.0 Å². The zero-order chi connectivity index (χ0) is 25.6. The van der Waals surface area contributed by atoms with Gasteiger partial charge in [-0.1, -0.05) is 48.5 Å². The molecule has 35 heavy (non-hydrogen) atoms. The van der Waals surface area contributed by atoms with Gasteiger partial charge in [-0.2, -0.15) is 0 Å². The lowest BCUT2D eigenvalue weighted by atomic mass is 10.0. The third-order valence-corrected chi connectivity index (χ3v) is 4.87. The van der Waals surface area contributed by atoms with Crippen molar-refractivity contribution >= 4 is 36.0 Å². The number of nitrogens with one attached hydrogen (secondary N) is 3. The maximum absolute atomic E-state index is 12.8. The number of aldehydes is 1. The number of hydrogen-bond acceptors (Lipinski definition) is 5. The van der Waals surface area contributed by atoms with E-state index in [4.69, 9.17) is 12.2 Å². The predicted molar refractivity (Wildman–Crippen MR) is 131 cm³/mol. The molecule has 0 bridgehead atoms. The van der Waals surface area contributed by atoms with Gasteiger partial charge in [-0.3, -0.25) is 24.0 Å². The van der Waals surface area contributed by atoms with Crippen molar-refractivity contribution in [3.63, 3.8) is 0 Å². The maximum Gasteiger partial charge on any atom is 0.251 e. The van der Waals surface area contributed by atoms with Crippen molar-refractivity contribution < 1.29 is 24.0 Å². The number of terminal acetylenes is 1. The van der Waals surface area contributed by atoms with Gasteiger partial charge in [-0.15, -0.1) is 12.3 Å². The van der Waals surface area contributed by atoms with Gasteiger partial charge in [0, 0.05) is 18.4 Å². The number of carbonyl (C=O) groups is 5. The first-order valence-corrected chi connectivity index (χ1v) is 10.7. The topological polar surface area (TPSA) is 147 Å². The molecule has 180 valence electrons. The fraction of sp³-hybridized carbons (Fsp3) is 0.192. The Kier molecular flexibility index (Phi) is 10.4. The first kappa shape index (κ1) is 26.5. The van der Waals surface area contributed by atoms with E-state index in [1.165, 1.54) is 6.08 Å². The van der Waals surface area contributed by atoms with E-state index >= 15 is 0 Å². The molecule has 0 heterocycles. The van der Waals surface area contributed by atoms with Crippen molar-refractivity contribution in [2.75, 3.05) is 6.54 Å². The molecule has 5 N–H and O–H groups in total. The van der Waals surface area contributed by atoms with Crippen molar-refractivity contribution in [1.29, 1.82) is 0 Å². The fourth-order valence-corrected chi connectivity index (χ4v) is 3.08. The van der Waals surface area contributed by atoms with Crippen molar-refractivity contribution in [3.8, 4) is 12.3 Å². The van der Waals surface area contributed by atoms with Gasteiger partial charge < -0.3 is 21.7 Å². The van der Waals surface area contributed by atoms with Crippen LogP contribution in [0, 0.1) is 12.3 Å². The standard InChI is InChI=1S/C26H26N4O5/c1-2-7-21(24(27)33)30-26(35)22(16-19-8-4-3-5-9-19)29-23(32)17-28-25(34)20-13-11-18(12-14-20)10-6-15-31/h1,3-6,8-15,21-22H,7,16-17H2,(H2,27,33)(H,28,34)(H,29,32)(H,30,35)/b10-6+/t21-,22-/m0/s1. The van der Waals surface area contributed by atoms with Gasteiger partial charge in [0.15, 0.2) is 0 Å². The summed E-state index contributed by atoms with van der Waals surface area (Å²) in [6.07, 6.45) is 8.85. The van der Waals surface area contributed by atoms with Crippen LogP contribution in [0.3, 0.4) is 0 Å². The zero-order valence-electron chi connectivity index (χ0n) is 18.9. The van der Waals surface area contributed by atoms with Crippen LogP contribution in [0.25, 0.3) is 6.08 Å². The highest BCUT2D eigenvalue weighted by atomic mass is 16.2. The van der Waals surface area contributed by atoms with Crippen LogP contribution in [0.15, 0.2) is 60.7 Å². The van der Waals surface area contributed by atoms with E-state index in [0.717, 1.165) is 11.1 Å². The molecule has 2 aromatic rings. The van der Waals surface area contributed by atoms with Crippen LogP contribution >= 0.6 is 0 Å². The van der Waals surface area contributed by atoms with Gasteiger partial charge in [0.1, 0.15) is 18.4 Å². The average Bonchev–Trinajstić information content (AvgIpc) is 2.86. The second kappa shape index (κ2) is 13.7.